The normalized spacial score (nSPS) is 15.3. The van der Waals surface area contributed by atoms with E-state index in [1.54, 1.807) is 0 Å². The van der Waals surface area contributed by atoms with E-state index in [-0.39, 0.29) is 5.92 Å². The van der Waals surface area contributed by atoms with Gasteiger partial charge in [-0.15, -0.1) is 0 Å². The van der Waals surface area contributed by atoms with E-state index in [1.165, 1.54) is 55.0 Å². The summed E-state index contributed by atoms with van der Waals surface area (Å²) in [5, 5.41) is 4.96. The number of fused-ring (bicyclic) bond motifs is 4. The molecule has 1 atom stereocenters. The third-order valence-corrected chi connectivity index (χ3v) is 10.8. The van der Waals surface area contributed by atoms with Crippen molar-refractivity contribution in [2.75, 3.05) is 0 Å². The number of rotatable bonds is 6. The Morgan fingerprint density at radius 3 is 2.13 bits per heavy atom. The Kier molecular flexibility index (Phi) is 7.76. The summed E-state index contributed by atoms with van der Waals surface area (Å²) in [4.78, 5) is 10.6. The summed E-state index contributed by atoms with van der Waals surface area (Å²) >= 11 is 0. The summed E-state index contributed by atoms with van der Waals surface area (Å²) in [6.07, 6.45) is 12.3. The van der Waals surface area contributed by atoms with Crippen molar-refractivity contribution in [1.82, 2.24) is 14.5 Å². The lowest BCUT2D eigenvalue weighted by Crippen LogP contribution is -2.32. The van der Waals surface area contributed by atoms with Crippen LogP contribution < -0.4 is 10.6 Å². The highest BCUT2D eigenvalue weighted by atomic mass is 15.0. The molecule has 53 heavy (non-hydrogen) atoms. The van der Waals surface area contributed by atoms with Crippen LogP contribution in [0, 0.1) is 0 Å². The molecule has 10 rings (SSSR count). The Morgan fingerprint density at radius 1 is 0.585 bits per heavy atom. The van der Waals surface area contributed by atoms with E-state index >= 15 is 0 Å². The third-order valence-electron chi connectivity index (χ3n) is 10.8. The molecule has 6 aromatic carbocycles. The van der Waals surface area contributed by atoms with Crippen LogP contribution in [0.4, 0.5) is 0 Å². The molecule has 0 amide bonds. The first-order chi connectivity index (χ1) is 26.3. The number of benzene rings is 6. The Hall–Kier alpha value is -6.58. The highest BCUT2D eigenvalue weighted by molar-refractivity contribution is 5.95. The van der Waals surface area contributed by atoms with Crippen LogP contribution >= 0.6 is 0 Å². The van der Waals surface area contributed by atoms with E-state index in [0.29, 0.717) is 0 Å². The summed E-state index contributed by atoms with van der Waals surface area (Å²) in [7, 11) is 0. The Balaban J connectivity index is 1.11. The van der Waals surface area contributed by atoms with E-state index in [9.17, 15) is 0 Å². The van der Waals surface area contributed by atoms with Gasteiger partial charge in [0.25, 0.3) is 0 Å². The van der Waals surface area contributed by atoms with Gasteiger partial charge in [0, 0.05) is 38.7 Å². The number of hydrogen-bond acceptors (Lipinski definition) is 2. The molecule has 1 unspecified atom stereocenters. The summed E-state index contributed by atoms with van der Waals surface area (Å²) in [5.74, 6) is 1.02. The molecular weight excluding hydrogens is 643 g/mol. The molecule has 8 aromatic rings. The summed E-state index contributed by atoms with van der Waals surface area (Å²) in [6, 6.07) is 56.4. The first-order valence-corrected chi connectivity index (χ1v) is 18.6. The van der Waals surface area contributed by atoms with Crippen LogP contribution in [-0.4, -0.2) is 14.5 Å². The van der Waals surface area contributed by atoms with E-state index in [4.69, 9.17) is 9.97 Å². The number of hydrogen-bond donors (Lipinski definition) is 0. The molecular formula is C50H37N3. The maximum atomic E-state index is 5.35. The minimum Gasteiger partial charge on any atom is -0.310 e. The summed E-state index contributed by atoms with van der Waals surface area (Å²) < 4.78 is 2.42. The molecule has 252 valence electrons. The lowest BCUT2D eigenvalue weighted by atomic mass is 9.86. The molecule has 0 N–H and O–H groups in total. The zero-order valence-corrected chi connectivity index (χ0v) is 29.4. The summed E-state index contributed by atoms with van der Waals surface area (Å²) in [6.45, 7) is 0. The zero-order chi connectivity index (χ0) is 35.1. The van der Waals surface area contributed by atoms with Gasteiger partial charge in [-0.25, -0.2) is 9.97 Å². The summed E-state index contributed by atoms with van der Waals surface area (Å²) in [5.41, 5.74) is 12.8. The molecule has 0 saturated heterocycles. The minimum absolute atomic E-state index is 0.280. The first kappa shape index (κ1) is 31.2. The monoisotopic (exact) mass is 679 g/mol. The van der Waals surface area contributed by atoms with E-state index < -0.39 is 0 Å². The van der Waals surface area contributed by atoms with Gasteiger partial charge < -0.3 is 4.57 Å². The minimum atomic E-state index is 0.280. The SMILES string of the molecule is C1=CC(c2ccccc2)=CC(c2ccc3nc(-c4cccc(C5=c6c(n(-c7ccccc7)c7ccccc67)=CCC5)c4)nc(-c4ccccc4)c3c2)C1. The van der Waals surface area contributed by atoms with Gasteiger partial charge in [-0.05, 0) is 83.5 Å². The fourth-order valence-electron chi connectivity index (χ4n) is 8.30. The van der Waals surface area contributed by atoms with Gasteiger partial charge in [0.05, 0.1) is 22.1 Å². The number of aromatic nitrogens is 3. The number of nitrogens with zero attached hydrogens (tertiary/aromatic N) is 3. The average Bonchev–Trinajstić information content (AvgIpc) is 3.59. The fraction of sp³-hybridized carbons (Fsp3) is 0.0800. The van der Waals surface area contributed by atoms with Crippen LogP contribution in [-0.2, 0) is 0 Å². The predicted molar refractivity (Wildman–Crippen MR) is 220 cm³/mol. The Labute approximate surface area is 309 Å². The molecule has 0 bridgehead atoms. The zero-order valence-electron chi connectivity index (χ0n) is 29.4. The second-order valence-electron chi connectivity index (χ2n) is 14.0. The van der Waals surface area contributed by atoms with Crippen molar-refractivity contribution in [3.05, 3.63) is 203 Å². The maximum absolute atomic E-state index is 5.35. The second kappa shape index (κ2) is 13.2. The molecule has 2 aliphatic carbocycles. The van der Waals surface area contributed by atoms with Crippen molar-refractivity contribution < 1.29 is 0 Å². The van der Waals surface area contributed by atoms with Crippen LogP contribution in [0.25, 0.3) is 67.4 Å². The van der Waals surface area contributed by atoms with Crippen molar-refractivity contribution in [3.8, 4) is 28.3 Å². The van der Waals surface area contributed by atoms with Gasteiger partial charge in [0.15, 0.2) is 5.82 Å². The van der Waals surface area contributed by atoms with Crippen molar-refractivity contribution in [3.63, 3.8) is 0 Å². The number of para-hydroxylation sites is 2. The van der Waals surface area contributed by atoms with Crippen LogP contribution in [0.3, 0.4) is 0 Å². The van der Waals surface area contributed by atoms with Gasteiger partial charge in [0.1, 0.15) is 0 Å². The molecule has 0 aliphatic heterocycles. The van der Waals surface area contributed by atoms with Crippen LogP contribution in [0.2, 0.25) is 0 Å². The molecule has 0 radical (unpaired) electrons. The molecule has 0 fully saturated rings. The van der Waals surface area contributed by atoms with Gasteiger partial charge in [-0.1, -0.05) is 146 Å². The van der Waals surface area contributed by atoms with Crippen LogP contribution in [0.5, 0.6) is 0 Å². The number of allylic oxidation sites excluding steroid dienone is 4. The maximum Gasteiger partial charge on any atom is 0.160 e. The standard InChI is InChI=1S/C50H37N3/c1-4-15-34(16-5-1)36-19-12-20-37(31-36)38-29-30-45-44(33-38)49(35-17-6-2-7-18-35)52-50(51-45)40-22-13-21-39(32-40)42-26-14-28-47-48(42)43-25-10-11-27-46(43)53(47)41-23-8-3-9-24-41/h1-13,15-19,21-25,27-33,37H,14,20,26H2. The lowest BCUT2D eigenvalue weighted by molar-refractivity contribution is 0.858. The van der Waals surface area contributed by atoms with Gasteiger partial charge in [-0.3, -0.25) is 0 Å². The van der Waals surface area contributed by atoms with Gasteiger partial charge >= 0.3 is 0 Å². The van der Waals surface area contributed by atoms with Crippen molar-refractivity contribution >= 4 is 39.0 Å². The smallest absolute Gasteiger partial charge is 0.160 e. The molecule has 0 saturated carbocycles. The second-order valence-corrected chi connectivity index (χ2v) is 14.0. The molecule has 0 spiro atoms. The quantitative estimate of drug-likeness (QED) is 0.175. The predicted octanol–water partition coefficient (Wildman–Crippen LogP) is 10.8. The van der Waals surface area contributed by atoms with Crippen molar-refractivity contribution in [2.24, 2.45) is 0 Å². The van der Waals surface area contributed by atoms with Gasteiger partial charge in [-0.2, -0.15) is 0 Å². The fourth-order valence-corrected chi connectivity index (χ4v) is 8.30. The van der Waals surface area contributed by atoms with E-state index in [2.05, 4.69) is 187 Å². The van der Waals surface area contributed by atoms with E-state index in [1.807, 2.05) is 0 Å². The topological polar surface area (TPSA) is 30.7 Å². The Bertz CT molecular complexity index is 2850. The average molecular weight is 680 g/mol. The van der Waals surface area contributed by atoms with Crippen molar-refractivity contribution in [1.29, 1.82) is 0 Å². The van der Waals surface area contributed by atoms with Crippen LogP contribution in [0.1, 0.15) is 41.9 Å². The Morgan fingerprint density at radius 2 is 1.30 bits per heavy atom. The highest BCUT2D eigenvalue weighted by Crippen LogP contribution is 2.36. The molecule has 2 heterocycles. The molecule has 3 heteroatoms. The highest BCUT2D eigenvalue weighted by Gasteiger charge is 2.19. The van der Waals surface area contributed by atoms with Gasteiger partial charge in [0.2, 0.25) is 0 Å². The largest absolute Gasteiger partial charge is 0.310 e. The molecule has 2 aliphatic rings. The first-order valence-electron chi connectivity index (χ1n) is 18.6. The lowest BCUT2D eigenvalue weighted by Gasteiger charge is -2.19. The van der Waals surface area contributed by atoms with E-state index in [0.717, 1.165) is 52.8 Å². The molecule has 3 nitrogen and oxygen atoms in total. The van der Waals surface area contributed by atoms with Crippen LogP contribution in [0.15, 0.2) is 176 Å². The third kappa shape index (κ3) is 5.62. The van der Waals surface area contributed by atoms with Crippen molar-refractivity contribution in [2.45, 2.75) is 25.2 Å². The molecule has 2 aromatic heterocycles.